The number of fused-ring (bicyclic) bond motifs is 1. The molecule has 0 aliphatic carbocycles. The zero-order valence-corrected chi connectivity index (χ0v) is 16.0. The fourth-order valence-electron chi connectivity index (χ4n) is 3.69. The fourth-order valence-corrected chi connectivity index (χ4v) is 3.69. The molecule has 2 amide bonds. The molecule has 0 radical (unpaired) electrons. The lowest BCUT2D eigenvalue weighted by Crippen LogP contribution is -2.44. The van der Waals surface area contributed by atoms with Gasteiger partial charge in [-0.15, -0.1) is 0 Å². The van der Waals surface area contributed by atoms with Crippen molar-refractivity contribution in [3.05, 3.63) is 78.1 Å². The minimum atomic E-state index is -0.215. The van der Waals surface area contributed by atoms with Crippen LogP contribution in [0.3, 0.4) is 0 Å². The number of benzene rings is 2. The normalized spacial score (nSPS) is 15.6. The molecule has 0 spiro atoms. The number of hydrogen-bond acceptors (Lipinski definition) is 3. The second kappa shape index (κ2) is 7.68. The molecule has 1 aliphatic rings. The molecule has 0 saturated carbocycles. The van der Waals surface area contributed by atoms with E-state index in [-0.39, 0.29) is 12.1 Å². The van der Waals surface area contributed by atoms with Crippen LogP contribution in [0.5, 0.6) is 11.5 Å². The predicted molar refractivity (Wildman–Crippen MR) is 108 cm³/mol. The van der Waals surface area contributed by atoms with Gasteiger partial charge in [0.05, 0.1) is 20.3 Å². The van der Waals surface area contributed by atoms with E-state index in [9.17, 15) is 4.79 Å². The molecule has 6 heteroatoms. The number of methoxy groups -OCH3 is 2. The Bertz CT molecular complexity index is 968. The van der Waals surface area contributed by atoms with Gasteiger partial charge in [-0.25, -0.2) is 4.79 Å². The van der Waals surface area contributed by atoms with E-state index >= 15 is 0 Å². The van der Waals surface area contributed by atoms with Gasteiger partial charge in [-0.1, -0.05) is 24.3 Å². The second-order valence-corrected chi connectivity index (χ2v) is 6.63. The van der Waals surface area contributed by atoms with Crippen molar-refractivity contribution >= 4 is 11.7 Å². The van der Waals surface area contributed by atoms with Crippen LogP contribution in [0, 0.1) is 0 Å². The van der Waals surface area contributed by atoms with E-state index in [1.54, 1.807) is 14.2 Å². The van der Waals surface area contributed by atoms with Crippen LogP contribution in [-0.2, 0) is 6.54 Å². The maximum absolute atomic E-state index is 13.1. The average molecular weight is 377 g/mol. The van der Waals surface area contributed by atoms with Gasteiger partial charge in [0.2, 0.25) is 0 Å². The van der Waals surface area contributed by atoms with Crippen molar-refractivity contribution in [1.29, 1.82) is 0 Å². The first-order chi connectivity index (χ1) is 13.7. The van der Waals surface area contributed by atoms with Crippen molar-refractivity contribution in [3.63, 3.8) is 0 Å². The third-order valence-electron chi connectivity index (χ3n) is 5.05. The van der Waals surface area contributed by atoms with Gasteiger partial charge in [0.15, 0.2) is 11.5 Å². The minimum Gasteiger partial charge on any atom is -0.493 e. The van der Waals surface area contributed by atoms with Gasteiger partial charge in [0.1, 0.15) is 0 Å². The first-order valence-electron chi connectivity index (χ1n) is 9.21. The summed E-state index contributed by atoms with van der Waals surface area (Å²) >= 11 is 0. The summed E-state index contributed by atoms with van der Waals surface area (Å²) in [5.74, 6) is 1.31. The summed E-state index contributed by atoms with van der Waals surface area (Å²) in [4.78, 5) is 15.0. The smallest absolute Gasteiger partial charge is 0.322 e. The molecule has 0 bridgehead atoms. The van der Waals surface area contributed by atoms with Gasteiger partial charge in [0.25, 0.3) is 0 Å². The van der Waals surface area contributed by atoms with E-state index < -0.39 is 0 Å². The lowest BCUT2D eigenvalue weighted by Gasteiger charge is -2.37. The Hall–Kier alpha value is -3.41. The number of para-hydroxylation sites is 1. The van der Waals surface area contributed by atoms with Gasteiger partial charge >= 0.3 is 6.03 Å². The van der Waals surface area contributed by atoms with Crippen LogP contribution in [0.2, 0.25) is 0 Å². The summed E-state index contributed by atoms with van der Waals surface area (Å²) in [5, 5.41) is 3.01. The highest BCUT2D eigenvalue weighted by Gasteiger charge is 2.32. The molecule has 1 aliphatic heterocycles. The van der Waals surface area contributed by atoms with Crippen LogP contribution in [0.4, 0.5) is 10.5 Å². The number of anilines is 1. The van der Waals surface area contributed by atoms with Crippen LogP contribution in [-0.4, -0.2) is 36.3 Å². The van der Waals surface area contributed by atoms with Crippen molar-refractivity contribution < 1.29 is 14.3 Å². The molecular weight excluding hydrogens is 354 g/mol. The number of carbonyl (C=O) groups is 1. The largest absolute Gasteiger partial charge is 0.493 e. The minimum absolute atomic E-state index is 0.126. The molecule has 1 aromatic heterocycles. The summed E-state index contributed by atoms with van der Waals surface area (Å²) in [6.45, 7) is 1.37. The summed E-state index contributed by atoms with van der Waals surface area (Å²) in [5.41, 5.74) is 2.82. The Morgan fingerprint density at radius 3 is 2.50 bits per heavy atom. The zero-order valence-electron chi connectivity index (χ0n) is 16.0. The second-order valence-electron chi connectivity index (χ2n) is 6.63. The van der Waals surface area contributed by atoms with E-state index in [2.05, 4.69) is 22.1 Å². The number of ether oxygens (including phenoxy) is 2. The van der Waals surface area contributed by atoms with Crippen molar-refractivity contribution in [2.45, 2.75) is 12.6 Å². The lowest BCUT2D eigenvalue weighted by molar-refractivity contribution is 0.181. The Labute approximate surface area is 164 Å². The standard InChI is InChI=1S/C22H23N3O3/c1-27-19-11-10-16(15-20(19)28-2)21-18-9-6-12-24(18)13-14-25(21)22(26)23-17-7-4-3-5-8-17/h3-12,15,21H,13-14H2,1-2H3,(H,23,26)/t21-/m0/s1. The van der Waals surface area contributed by atoms with Gasteiger partial charge in [-0.2, -0.15) is 0 Å². The first kappa shape index (κ1) is 18.0. The molecule has 2 aromatic carbocycles. The molecular formula is C22H23N3O3. The van der Waals surface area contributed by atoms with E-state index in [4.69, 9.17) is 9.47 Å². The van der Waals surface area contributed by atoms with E-state index in [0.717, 1.165) is 23.5 Å². The molecule has 1 N–H and O–H groups in total. The molecule has 28 heavy (non-hydrogen) atoms. The fraction of sp³-hybridized carbons (Fsp3) is 0.227. The highest BCUT2D eigenvalue weighted by molar-refractivity contribution is 5.90. The van der Waals surface area contributed by atoms with Gasteiger partial charge in [-0.3, -0.25) is 0 Å². The molecule has 6 nitrogen and oxygen atoms in total. The summed E-state index contributed by atoms with van der Waals surface area (Å²) < 4.78 is 13.0. The van der Waals surface area contributed by atoms with Crippen molar-refractivity contribution in [2.75, 3.05) is 26.1 Å². The highest BCUT2D eigenvalue weighted by atomic mass is 16.5. The number of nitrogens with zero attached hydrogens (tertiary/aromatic N) is 2. The van der Waals surface area contributed by atoms with Gasteiger partial charge < -0.3 is 24.3 Å². The molecule has 2 heterocycles. The van der Waals surface area contributed by atoms with Crippen LogP contribution >= 0.6 is 0 Å². The summed E-state index contributed by atoms with van der Waals surface area (Å²) in [6.07, 6.45) is 2.05. The number of urea groups is 1. The summed E-state index contributed by atoms with van der Waals surface area (Å²) in [6, 6.07) is 19.0. The molecule has 0 fully saturated rings. The van der Waals surface area contributed by atoms with Crippen LogP contribution in [0.15, 0.2) is 66.9 Å². The van der Waals surface area contributed by atoms with Crippen molar-refractivity contribution in [2.24, 2.45) is 0 Å². The lowest BCUT2D eigenvalue weighted by atomic mass is 9.99. The van der Waals surface area contributed by atoms with E-state index in [1.165, 1.54) is 0 Å². The predicted octanol–water partition coefficient (Wildman–Crippen LogP) is 4.14. The topological polar surface area (TPSA) is 55.7 Å². The number of hydrogen-bond donors (Lipinski definition) is 1. The van der Waals surface area contributed by atoms with Gasteiger partial charge in [0, 0.05) is 30.7 Å². The van der Waals surface area contributed by atoms with Crippen LogP contribution < -0.4 is 14.8 Å². The maximum atomic E-state index is 13.1. The average Bonchev–Trinajstić information content (AvgIpc) is 3.22. The zero-order chi connectivity index (χ0) is 19.5. The monoisotopic (exact) mass is 377 g/mol. The number of carbonyl (C=O) groups excluding carboxylic acids is 1. The van der Waals surface area contributed by atoms with Crippen LogP contribution in [0.25, 0.3) is 0 Å². The number of nitrogens with one attached hydrogen (secondary N) is 1. The Morgan fingerprint density at radius 2 is 1.75 bits per heavy atom. The Morgan fingerprint density at radius 1 is 0.964 bits per heavy atom. The number of amides is 2. The molecule has 0 saturated heterocycles. The highest BCUT2D eigenvalue weighted by Crippen LogP contribution is 2.37. The summed E-state index contributed by atoms with van der Waals surface area (Å²) in [7, 11) is 3.23. The maximum Gasteiger partial charge on any atom is 0.322 e. The third kappa shape index (κ3) is 3.29. The molecule has 0 unspecified atom stereocenters. The van der Waals surface area contributed by atoms with Crippen molar-refractivity contribution in [3.8, 4) is 11.5 Å². The van der Waals surface area contributed by atoms with Gasteiger partial charge in [-0.05, 0) is 42.0 Å². The number of aromatic nitrogens is 1. The molecule has 3 aromatic rings. The molecule has 1 atom stereocenters. The first-order valence-corrected chi connectivity index (χ1v) is 9.21. The number of rotatable bonds is 4. The van der Waals surface area contributed by atoms with Crippen LogP contribution in [0.1, 0.15) is 17.3 Å². The third-order valence-corrected chi connectivity index (χ3v) is 5.05. The van der Waals surface area contributed by atoms with E-state index in [0.29, 0.717) is 18.0 Å². The van der Waals surface area contributed by atoms with E-state index in [1.807, 2.05) is 59.5 Å². The Balaban J connectivity index is 1.71. The molecule has 4 rings (SSSR count). The van der Waals surface area contributed by atoms with Crippen molar-refractivity contribution in [1.82, 2.24) is 9.47 Å². The molecule has 144 valence electrons. The SMILES string of the molecule is COc1ccc([C@H]2c3cccn3CCN2C(=O)Nc2ccccc2)cc1OC. The Kier molecular flexibility index (Phi) is 4.93. The quantitative estimate of drug-likeness (QED) is 0.743.